The molecule has 0 saturated carbocycles. The van der Waals surface area contributed by atoms with Gasteiger partial charge in [-0.1, -0.05) is 24.3 Å². The van der Waals surface area contributed by atoms with Gasteiger partial charge in [0.15, 0.2) is 6.61 Å². The van der Waals surface area contributed by atoms with Crippen LogP contribution in [0.2, 0.25) is 0 Å². The Labute approximate surface area is 170 Å². The van der Waals surface area contributed by atoms with Crippen molar-refractivity contribution in [1.29, 1.82) is 0 Å². The summed E-state index contributed by atoms with van der Waals surface area (Å²) in [6, 6.07) is 18.1. The molecule has 0 fully saturated rings. The monoisotopic (exact) mass is 412 g/mol. The summed E-state index contributed by atoms with van der Waals surface area (Å²) in [5.41, 5.74) is 1.96. The van der Waals surface area contributed by atoms with E-state index in [1.807, 2.05) is 30.3 Å². The first-order valence-electron chi connectivity index (χ1n) is 9.47. The molecule has 1 aromatic heterocycles. The molecule has 0 aliphatic carbocycles. The number of fused-ring (bicyclic) bond motifs is 3. The Hall–Kier alpha value is -3.48. The Morgan fingerprint density at radius 3 is 2.50 bits per heavy atom. The first kappa shape index (κ1) is 19.8. The summed E-state index contributed by atoms with van der Waals surface area (Å²) in [5.74, 6) is -0.465. The number of aryl methyl sites for hydroxylation is 1. The lowest BCUT2D eigenvalue weighted by atomic mass is 10.1. The van der Waals surface area contributed by atoms with E-state index in [0.29, 0.717) is 5.69 Å². The van der Waals surface area contributed by atoms with Crippen LogP contribution in [0.15, 0.2) is 66.7 Å². The molecule has 0 aliphatic rings. The van der Waals surface area contributed by atoms with Crippen molar-refractivity contribution in [1.82, 2.24) is 4.57 Å². The maximum atomic E-state index is 12.8. The molecule has 1 heterocycles. The van der Waals surface area contributed by atoms with Crippen LogP contribution in [0, 0.1) is 0 Å². The van der Waals surface area contributed by atoms with E-state index in [0.717, 1.165) is 40.5 Å². The fraction of sp³-hybridized carbons (Fsp3) is 0.174. The largest absolute Gasteiger partial charge is 0.484 e. The number of ether oxygens (including phenoxy) is 1. The average molecular weight is 412 g/mol. The van der Waals surface area contributed by atoms with Gasteiger partial charge < -0.3 is 14.6 Å². The van der Waals surface area contributed by atoms with Gasteiger partial charge in [0.05, 0.1) is 5.56 Å². The molecule has 4 aromatic rings. The van der Waals surface area contributed by atoms with Crippen molar-refractivity contribution in [2.24, 2.45) is 0 Å². The molecule has 4 nitrogen and oxygen atoms in total. The molecule has 0 spiro atoms. The van der Waals surface area contributed by atoms with Crippen LogP contribution in [0.3, 0.4) is 0 Å². The average Bonchev–Trinajstić information content (AvgIpc) is 3.05. The molecule has 4 rings (SSSR count). The number of carbonyl (C=O) groups excluding carboxylic acids is 1. The minimum absolute atomic E-state index is 0.0126. The minimum atomic E-state index is -4.46. The molecule has 1 amide bonds. The van der Waals surface area contributed by atoms with Gasteiger partial charge in [-0.25, -0.2) is 0 Å². The molecule has 0 unspecified atom stereocenters. The van der Waals surface area contributed by atoms with Gasteiger partial charge in [0.25, 0.3) is 5.91 Å². The lowest BCUT2D eigenvalue weighted by Gasteiger charge is -2.11. The molecule has 1 N–H and O–H groups in total. The van der Waals surface area contributed by atoms with E-state index in [-0.39, 0.29) is 5.75 Å². The van der Waals surface area contributed by atoms with Crippen LogP contribution in [0.4, 0.5) is 18.9 Å². The van der Waals surface area contributed by atoms with Gasteiger partial charge in [0.2, 0.25) is 0 Å². The Balaban J connectivity index is 1.50. The molecule has 0 aliphatic heterocycles. The molecule has 30 heavy (non-hydrogen) atoms. The molecule has 0 atom stereocenters. The standard InChI is InChI=1S/C23H19F3N2O2/c1-2-28-20-9-4-3-8-18(20)19-13-16(10-11-21(19)28)27-22(29)14-30-17-7-5-6-15(12-17)23(24,25)26/h3-13H,2,14H2,1H3,(H,27,29). The number of amides is 1. The van der Waals surface area contributed by atoms with Gasteiger partial charge in [0.1, 0.15) is 5.75 Å². The normalized spacial score (nSPS) is 11.7. The van der Waals surface area contributed by atoms with Crippen LogP contribution < -0.4 is 10.1 Å². The summed E-state index contributed by atoms with van der Waals surface area (Å²) in [7, 11) is 0. The van der Waals surface area contributed by atoms with Gasteiger partial charge in [-0.2, -0.15) is 13.2 Å². The van der Waals surface area contributed by atoms with E-state index in [1.54, 1.807) is 6.07 Å². The van der Waals surface area contributed by atoms with Crippen molar-refractivity contribution < 1.29 is 22.7 Å². The molecule has 0 bridgehead atoms. The van der Waals surface area contributed by atoms with Crippen LogP contribution in [-0.2, 0) is 17.5 Å². The van der Waals surface area contributed by atoms with Crippen molar-refractivity contribution in [3.63, 3.8) is 0 Å². The number of nitrogens with one attached hydrogen (secondary N) is 1. The second-order valence-corrected chi connectivity index (χ2v) is 6.86. The highest BCUT2D eigenvalue weighted by Crippen LogP contribution is 2.32. The number of para-hydroxylation sites is 1. The molecule has 7 heteroatoms. The zero-order valence-corrected chi connectivity index (χ0v) is 16.2. The fourth-order valence-electron chi connectivity index (χ4n) is 3.58. The maximum absolute atomic E-state index is 12.8. The number of aromatic nitrogens is 1. The number of rotatable bonds is 5. The van der Waals surface area contributed by atoms with Gasteiger partial charge in [0, 0.05) is 34.0 Å². The zero-order chi connectivity index (χ0) is 21.3. The third kappa shape index (κ3) is 3.83. The summed E-state index contributed by atoms with van der Waals surface area (Å²) in [6.07, 6.45) is -4.46. The van der Waals surface area contributed by atoms with Crippen LogP contribution in [0.1, 0.15) is 12.5 Å². The number of halogens is 3. The highest BCUT2D eigenvalue weighted by Gasteiger charge is 2.30. The summed E-state index contributed by atoms with van der Waals surface area (Å²) in [6.45, 7) is 2.50. The van der Waals surface area contributed by atoms with Crippen LogP contribution >= 0.6 is 0 Å². The van der Waals surface area contributed by atoms with Gasteiger partial charge in [-0.05, 0) is 49.4 Å². The van der Waals surface area contributed by atoms with E-state index in [1.165, 1.54) is 12.1 Å². The van der Waals surface area contributed by atoms with Crippen molar-refractivity contribution in [3.05, 3.63) is 72.3 Å². The highest BCUT2D eigenvalue weighted by atomic mass is 19.4. The van der Waals surface area contributed by atoms with Gasteiger partial charge >= 0.3 is 6.18 Å². The Bertz CT molecular complexity index is 1230. The van der Waals surface area contributed by atoms with E-state index >= 15 is 0 Å². The number of nitrogens with zero attached hydrogens (tertiary/aromatic N) is 1. The number of hydrogen-bond acceptors (Lipinski definition) is 2. The van der Waals surface area contributed by atoms with Crippen LogP contribution in [0.5, 0.6) is 5.75 Å². The second kappa shape index (κ2) is 7.74. The molecular weight excluding hydrogens is 393 g/mol. The zero-order valence-electron chi connectivity index (χ0n) is 16.2. The second-order valence-electron chi connectivity index (χ2n) is 6.86. The Morgan fingerprint density at radius 2 is 1.73 bits per heavy atom. The van der Waals surface area contributed by atoms with Crippen LogP contribution in [-0.4, -0.2) is 17.1 Å². The minimum Gasteiger partial charge on any atom is -0.484 e. The summed E-state index contributed by atoms with van der Waals surface area (Å²) in [4.78, 5) is 12.3. The molecule has 154 valence electrons. The number of alkyl halides is 3. The molecule has 3 aromatic carbocycles. The predicted molar refractivity (Wildman–Crippen MR) is 111 cm³/mol. The first-order chi connectivity index (χ1) is 14.4. The third-order valence-electron chi connectivity index (χ3n) is 4.90. The van der Waals surface area contributed by atoms with Crippen molar-refractivity contribution in [3.8, 4) is 5.75 Å². The summed E-state index contributed by atoms with van der Waals surface area (Å²) in [5, 5.41) is 4.85. The number of carbonyl (C=O) groups is 1. The number of benzene rings is 3. The Kier molecular flexibility index (Phi) is 5.11. The van der Waals surface area contributed by atoms with E-state index in [9.17, 15) is 18.0 Å². The quantitative estimate of drug-likeness (QED) is 0.447. The molecular formula is C23H19F3N2O2. The van der Waals surface area contributed by atoms with Crippen molar-refractivity contribution >= 4 is 33.4 Å². The maximum Gasteiger partial charge on any atom is 0.416 e. The van der Waals surface area contributed by atoms with E-state index in [4.69, 9.17) is 4.74 Å². The molecule has 0 radical (unpaired) electrons. The SMILES string of the molecule is CCn1c2ccccc2c2cc(NC(=O)COc3cccc(C(F)(F)F)c3)ccc21. The lowest BCUT2D eigenvalue weighted by molar-refractivity contribution is -0.137. The molecule has 0 saturated heterocycles. The van der Waals surface area contributed by atoms with Crippen molar-refractivity contribution in [2.75, 3.05) is 11.9 Å². The highest BCUT2D eigenvalue weighted by molar-refractivity contribution is 6.09. The van der Waals surface area contributed by atoms with Crippen LogP contribution in [0.25, 0.3) is 21.8 Å². The number of hydrogen-bond donors (Lipinski definition) is 1. The van der Waals surface area contributed by atoms with Gasteiger partial charge in [-0.15, -0.1) is 0 Å². The summed E-state index contributed by atoms with van der Waals surface area (Å²) >= 11 is 0. The fourth-order valence-corrected chi connectivity index (χ4v) is 3.58. The van der Waals surface area contributed by atoms with Crippen molar-refractivity contribution in [2.45, 2.75) is 19.6 Å². The van der Waals surface area contributed by atoms with E-state index in [2.05, 4.69) is 22.9 Å². The lowest BCUT2D eigenvalue weighted by Crippen LogP contribution is -2.20. The predicted octanol–water partition coefficient (Wildman–Crippen LogP) is 5.85. The smallest absolute Gasteiger partial charge is 0.416 e. The summed E-state index contributed by atoms with van der Waals surface area (Å²) < 4.78 is 45.8. The van der Waals surface area contributed by atoms with Gasteiger partial charge in [-0.3, -0.25) is 4.79 Å². The van der Waals surface area contributed by atoms with E-state index < -0.39 is 24.3 Å². The number of anilines is 1. The topological polar surface area (TPSA) is 43.3 Å². The third-order valence-corrected chi connectivity index (χ3v) is 4.90. The Morgan fingerprint density at radius 1 is 0.967 bits per heavy atom. The first-order valence-corrected chi connectivity index (χ1v) is 9.47.